The molecule has 0 saturated heterocycles. The molecule has 4 N–H and O–H groups in total. The van der Waals surface area contributed by atoms with E-state index in [9.17, 15) is 4.79 Å². The molecule has 1 aliphatic rings. The second kappa shape index (κ2) is 8.88. The molecule has 3 aromatic rings. The molecule has 0 bridgehead atoms. The van der Waals surface area contributed by atoms with Crippen LogP contribution in [0.5, 0.6) is 0 Å². The fourth-order valence-electron chi connectivity index (χ4n) is 3.98. The maximum absolute atomic E-state index is 11.6. The van der Waals surface area contributed by atoms with Gasteiger partial charge in [0.2, 0.25) is 17.8 Å². The number of nitrogens with one attached hydrogen (secondary N) is 2. The lowest BCUT2D eigenvalue weighted by atomic mass is 9.85. The topological polar surface area (TPSA) is 111 Å². The van der Waals surface area contributed by atoms with Gasteiger partial charge >= 0.3 is 0 Å². The van der Waals surface area contributed by atoms with Crippen LogP contribution in [0, 0.1) is 5.92 Å². The summed E-state index contributed by atoms with van der Waals surface area (Å²) in [6.07, 6.45) is 4.80. The van der Waals surface area contributed by atoms with Crippen molar-refractivity contribution >= 4 is 57.9 Å². The predicted molar refractivity (Wildman–Crippen MR) is 124 cm³/mol. The number of nitrogens with zero attached hydrogens (tertiary/aromatic N) is 4. The van der Waals surface area contributed by atoms with Crippen LogP contribution in [0.1, 0.15) is 45.6 Å². The summed E-state index contributed by atoms with van der Waals surface area (Å²) in [5.41, 5.74) is 7.63. The molecule has 1 aliphatic carbocycles. The summed E-state index contributed by atoms with van der Waals surface area (Å²) in [6, 6.07) is 5.59. The van der Waals surface area contributed by atoms with Crippen LogP contribution in [0.2, 0.25) is 10.0 Å². The molecule has 0 spiro atoms. The normalized spacial score (nSPS) is 19.0. The molecule has 10 heteroatoms. The third-order valence-electron chi connectivity index (χ3n) is 5.49. The molecule has 0 unspecified atom stereocenters. The summed E-state index contributed by atoms with van der Waals surface area (Å²) in [7, 11) is 0. The monoisotopic (exact) mass is 461 g/mol. The molecule has 0 atom stereocenters. The van der Waals surface area contributed by atoms with Crippen LogP contribution in [0.25, 0.3) is 11.2 Å². The van der Waals surface area contributed by atoms with E-state index in [1.165, 1.54) is 0 Å². The van der Waals surface area contributed by atoms with Crippen molar-refractivity contribution in [2.75, 3.05) is 10.6 Å². The Hall–Kier alpha value is -2.58. The summed E-state index contributed by atoms with van der Waals surface area (Å²) in [4.78, 5) is 25.5. The van der Waals surface area contributed by atoms with Crippen LogP contribution >= 0.6 is 23.2 Å². The first-order chi connectivity index (χ1) is 14.8. The van der Waals surface area contributed by atoms with Gasteiger partial charge in [0.25, 0.3) is 0 Å². The van der Waals surface area contributed by atoms with Crippen molar-refractivity contribution in [1.29, 1.82) is 0 Å². The number of carbonyl (C=O) groups is 1. The molecule has 4 rings (SSSR count). The molecule has 2 heterocycles. The van der Waals surface area contributed by atoms with Crippen LogP contribution in [-0.2, 0) is 4.79 Å². The summed E-state index contributed by atoms with van der Waals surface area (Å²) < 4.78 is 2.09. The highest BCUT2D eigenvalue weighted by molar-refractivity contribution is 6.36. The average molecular weight is 462 g/mol. The standard InChI is InChI=1S/C21H25Cl2N7O/c1-11(2)26-20-25-10-17-19(29-20)30(14-6-3-12(4-7-14)18(24)31)21(28-17)27-16-8-5-13(22)9-15(16)23/h5,8-12,14H,3-4,6-7H2,1-2H3,(H2,24,31)(H,27,28)(H,25,26,29)/t12-,14+. The van der Waals surface area contributed by atoms with Gasteiger partial charge < -0.3 is 16.4 Å². The minimum atomic E-state index is -0.231. The smallest absolute Gasteiger partial charge is 0.224 e. The molecule has 164 valence electrons. The Morgan fingerprint density at radius 3 is 2.58 bits per heavy atom. The van der Waals surface area contributed by atoms with E-state index in [-0.39, 0.29) is 23.9 Å². The van der Waals surface area contributed by atoms with E-state index in [0.717, 1.165) is 31.3 Å². The van der Waals surface area contributed by atoms with Crippen LogP contribution in [0.3, 0.4) is 0 Å². The van der Waals surface area contributed by atoms with E-state index in [2.05, 4.69) is 20.2 Å². The van der Waals surface area contributed by atoms with Crippen LogP contribution in [0.15, 0.2) is 24.4 Å². The van der Waals surface area contributed by atoms with Crippen molar-refractivity contribution in [3.63, 3.8) is 0 Å². The number of imidazole rings is 1. The van der Waals surface area contributed by atoms with Crippen molar-refractivity contribution in [3.8, 4) is 0 Å². The fourth-order valence-corrected chi connectivity index (χ4v) is 4.44. The highest BCUT2D eigenvalue weighted by atomic mass is 35.5. The van der Waals surface area contributed by atoms with Crippen LogP contribution < -0.4 is 16.4 Å². The largest absolute Gasteiger partial charge is 0.369 e. The first-order valence-electron chi connectivity index (χ1n) is 10.3. The van der Waals surface area contributed by atoms with E-state index in [0.29, 0.717) is 33.1 Å². The number of hydrogen-bond acceptors (Lipinski definition) is 6. The molecule has 1 saturated carbocycles. The Labute approximate surface area is 190 Å². The number of anilines is 3. The van der Waals surface area contributed by atoms with E-state index >= 15 is 0 Å². The number of benzene rings is 1. The molecule has 1 fully saturated rings. The van der Waals surface area contributed by atoms with E-state index in [1.54, 1.807) is 18.3 Å². The first kappa shape index (κ1) is 21.6. The Morgan fingerprint density at radius 1 is 1.19 bits per heavy atom. The highest BCUT2D eigenvalue weighted by Gasteiger charge is 2.29. The zero-order chi connectivity index (χ0) is 22.1. The molecule has 1 aromatic carbocycles. The van der Waals surface area contributed by atoms with Crippen molar-refractivity contribution in [2.45, 2.75) is 51.6 Å². The van der Waals surface area contributed by atoms with Crippen LogP contribution in [-0.4, -0.2) is 31.5 Å². The minimum absolute atomic E-state index is 0.0825. The predicted octanol–water partition coefficient (Wildman–Crippen LogP) is 4.91. The lowest BCUT2D eigenvalue weighted by molar-refractivity contribution is -0.122. The number of aromatic nitrogens is 4. The summed E-state index contributed by atoms with van der Waals surface area (Å²) >= 11 is 12.4. The van der Waals surface area contributed by atoms with Gasteiger partial charge in [0.05, 0.1) is 16.9 Å². The van der Waals surface area contributed by atoms with Crippen molar-refractivity contribution in [3.05, 3.63) is 34.4 Å². The van der Waals surface area contributed by atoms with Gasteiger partial charge in [-0.25, -0.2) is 9.97 Å². The molecular formula is C21H25Cl2N7O. The van der Waals surface area contributed by atoms with Gasteiger partial charge in [0.1, 0.15) is 5.52 Å². The number of amides is 1. The van der Waals surface area contributed by atoms with Gasteiger partial charge in [-0.05, 0) is 57.7 Å². The second-order valence-electron chi connectivity index (χ2n) is 8.16. The zero-order valence-corrected chi connectivity index (χ0v) is 18.9. The SMILES string of the molecule is CC(C)Nc1ncc2nc(Nc3ccc(Cl)cc3Cl)n([C@H]3CC[C@@H](C(N)=O)CC3)c2n1. The Bertz CT molecular complexity index is 1110. The van der Waals surface area contributed by atoms with E-state index < -0.39 is 0 Å². The van der Waals surface area contributed by atoms with E-state index in [4.69, 9.17) is 38.9 Å². The maximum atomic E-state index is 11.6. The Morgan fingerprint density at radius 2 is 1.94 bits per heavy atom. The second-order valence-corrected chi connectivity index (χ2v) is 9.01. The molecule has 1 amide bonds. The zero-order valence-electron chi connectivity index (χ0n) is 17.4. The van der Waals surface area contributed by atoms with Gasteiger partial charge in [-0.15, -0.1) is 0 Å². The molecule has 0 aliphatic heterocycles. The molecule has 31 heavy (non-hydrogen) atoms. The lowest BCUT2D eigenvalue weighted by Crippen LogP contribution is -2.28. The minimum Gasteiger partial charge on any atom is -0.369 e. The number of fused-ring (bicyclic) bond motifs is 1. The van der Waals surface area contributed by atoms with Gasteiger partial charge in [-0.1, -0.05) is 23.2 Å². The van der Waals surface area contributed by atoms with Crippen molar-refractivity contribution < 1.29 is 4.79 Å². The number of rotatable bonds is 6. The molecule has 0 radical (unpaired) electrons. The summed E-state index contributed by atoms with van der Waals surface area (Å²) in [6.45, 7) is 4.07. The quantitative estimate of drug-likeness (QED) is 0.480. The number of nitrogens with two attached hydrogens (primary N) is 1. The van der Waals surface area contributed by atoms with Crippen molar-refractivity contribution in [1.82, 2.24) is 19.5 Å². The molecule has 8 nitrogen and oxygen atoms in total. The number of hydrogen-bond donors (Lipinski definition) is 3. The first-order valence-corrected chi connectivity index (χ1v) is 11.1. The van der Waals surface area contributed by atoms with Gasteiger partial charge in [0.15, 0.2) is 5.65 Å². The summed E-state index contributed by atoms with van der Waals surface area (Å²) in [5, 5.41) is 7.63. The third-order valence-corrected chi connectivity index (χ3v) is 6.04. The maximum Gasteiger partial charge on any atom is 0.224 e. The van der Waals surface area contributed by atoms with Gasteiger partial charge in [-0.3, -0.25) is 9.36 Å². The number of carbonyl (C=O) groups excluding carboxylic acids is 1. The lowest BCUT2D eigenvalue weighted by Gasteiger charge is -2.29. The Kier molecular flexibility index (Phi) is 6.20. The number of primary amides is 1. The van der Waals surface area contributed by atoms with Gasteiger partial charge in [0, 0.05) is 23.0 Å². The summed E-state index contributed by atoms with van der Waals surface area (Å²) in [5.74, 6) is 0.857. The van der Waals surface area contributed by atoms with Crippen LogP contribution in [0.4, 0.5) is 17.6 Å². The van der Waals surface area contributed by atoms with Crippen molar-refractivity contribution in [2.24, 2.45) is 11.7 Å². The third kappa shape index (κ3) is 4.70. The number of halogens is 2. The Balaban J connectivity index is 1.75. The fraction of sp³-hybridized carbons (Fsp3) is 0.429. The van der Waals surface area contributed by atoms with Gasteiger partial charge in [-0.2, -0.15) is 4.98 Å². The average Bonchev–Trinajstić information content (AvgIpc) is 3.07. The highest BCUT2D eigenvalue weighted by Crippen LogP contribution is 2.38. The van der Waals surface area contributed by atoms with E-state index in [1.807, 2.05) is 19.9 Å². The molecule has 2 aromatic heterocycles. The molecular weight excluding hydrogens is 437 g/mol.